The molecule has 3 aromatic carbocycles. The highest BCUT2D eigenvalue weighted by Gasteiger charge is 2.61. The summed E-state index contributed by atoms with van der Waals surface area (Å²) in [4.78, 5) is 54.0. The summed E-state index contributed by atoms with van der Waals surface area (Å²) in [7, 11) is -2.77. The van der Waals surface area contributed by atoms with Gasteiger partial charge in [0.1, 0.15) is 39.8 Å². The minimum atomic E-state index is -4.35. The van der Waals surface area contributed by atoms with Gasteiger partial charge in [0.05, 0.1) is 30.6 Å². The van der Waals surface area contributed by atoms with Crippen molar-refractivity contribution in [2.75, 3.05) is 36.1 Å². The molecule has 0 radical (unpaired) electrons. The topological polar surface area (TPSA) is 193 Å². The van der Waals surface area contributed by atoms with Gasteiger partial charge in [-0.25, -0.2) is 27.9 Å². The van der Waals surface area contributed by atoms with E-state index in [1.165, 1.54) is 22.3 Å². The summed E-state index contributed by atoms with van der Waals surface area (Å²) < 4.78 is 42.2. The van der Waals surface area contributed by atoms with E-state index in [9.17, 15) is 22.8 Å². The Morgan fingerprint density at radius 3 is 2.60 bits per heavy atom. The molecule has 62 heavy (non-hydrogen) atoms. The lowest BCUT2D eigenvalue weighted by Crippen LogP contribution is -2.56. The van der Waals surface area contributed by atoms with E-state index in [0.717, 1.165) is 30.8 Å². The zero-order chi connectivity index (χ0) is 43.4. The number of ether oxygens (including phenoxy) is 2. The number of nitrogens with one attached hydrogen (secondary N) is 5. The number of carbonyl (C=O) groups excluding carboxylic acids is 3. The molecule has 17 heteroatoms. The average Bonchev–Trinajstić information content (AvgIpc) is 3.51. The molecule has 8 rings (SSSR count). The first-order valence-corrected chi connectivity index (χ1v) is 23.2. The van der Waals surface area contributed by atoms with Gasteiger partial charge < -0.3 is 35.6 Å². The first-order valence-electron chi connectivity index (χ1n) is 20.8. The van der Waals surface area contributed by atoms with Crippen molar-refractivity contribution in [2.45, 2.75) is 81.0 Å². The number of fused-ring (bicyclic) bond motifs is 3. The number of hydrogen-bond donors (Lipinski definition) is 5. The Labute approximate surface area is 364 Å². The summed E-state index contributed by atoms with van der Waals surface area (Å²) >= 11 is 1.46. The Morgan fingerprint density at radius 1 is 0.984 bits per heavy atom. The number of allylic oxidation sites excluding steroid dienone is 1. The van der Waals surface area contributed by atoms with Crippen LogP contribution in [0.1, 0.15) is 52.4 Å². The minimum absolute atomic E-state index is 0.0197. The van der Waals surface area contributed by atoms with Gasteiger partial charge in [0.2, 0.25) is 5.91 Å². The van der Waals surface area contributed by atoms with E-state index in [0.29, 0.717) is 51.7 Å². The molecule has 0 bridgehead atoms. The number of para-hydroxylation sites is 2. The maximum atomic E-state index is 14.6. The molecule has 2 aromatic heterocycles. The molecule has 5 N–H and O–H groups in total. The summed E-state index contributed by atoms with van der Waals surface area (Å²) in [6.07, 6.45) is 6.87. The number of sulfonamides is 1. The van der Waals surface area contributed by atoms with Crippen molar-refractivity contribution in [3.63, 3.8) is 0 Å². The van der Waals surface area contributed by atoms with Gasteiger partial charge in [-0.1, -0.05) is 48.9 Å². The SMILES string of the molecule is COc1ccc2c(O[C@@H]3C[C@@H](C(=O)N[C@]45C[C@@H]4/C=C\CCCCCNc4ccccc4S(=O)(=O)NC5=O)N(C(=O)Nc4ccccc4)C3)cc(-c3csc(NC(C)C)n3)nc2c1. The van der Waals surface area contributed by atoms with Crippen LogP contribution < -0.4 is 35.5 Å². The summed E-state index contributed by atoms with van der Waals surface area (Å²) in [6.45, 7) is 4.66. The van der Waals surface area contributed by atoms with E-state index < -0.39 is 51.5 Å². The number of nitrogens with zero attached hydrogens (tertiary/aromatic N) is 3. The molecule has 5 aromatic rings. The molecule has 1 aliphatic carbocycles. The number of pyridine rings is 1. The van der Waals surface area contributed by atoms with Crippen LogP contribution in [-0.4, -0.2) is 85.1 Å². The van der Waals surface area contributed by atoms with Crippen molar-refractivity contribution in [1.29, 1.82) is 0 Å². The predicted molar refractivity (Wildman–Crippen MR) is 240 cm³/mol. The van der Waals surface area contributed by atoms with Crippen molar-refractivity contribution in [2.24, 2.45) is 5.92 Å². The summed E-state index contributed by atoms with van der Waals surface area (Å²) in [5, 5.41) is 15.7. The monoisotopic (exact) mass is 878 g/mol. The standard InChI is InChI=1S/C45H50N8O7S2/c1-28(2)47-43-50-37(27-61-43)36-24-39(33-20-19-31(59-3)22-35(33)49-36)60-32-23-38(53(26-32)44(56)48-30-15-9-7-10-16-30)41(54)51-45-25-29(45)14-8-5-4-6-13-21-46-34-17-11-12-18-40(34)62(57,58)52-42(45)55/h7-12,14-20,22,24,27-29,32,38,46H,4-6,13,21,23,25-26H2,1-3H3,(H,47,50)(H,48,56)(H,51,54)(H,52,55)/b14-8-/t29-,32+,38-,45+/m0/s1. The maximum Gasteiger partial charge on any atom is 0.322 e. The largest absolute Gasteiger partial charge is 0.497 e. The molecular weight excluding hydrogens is 829 g/mol. The zero-order valence-electron chi connectivity index (χ0n) is 34.7. The van der Waals surface area contributed by atoms with Gasteiger partial charge >= 0.3 is 6.03 Å². The first-order chi connectivity index (χ1) is 29.9. The number of methoxy groups -OCH3 is 1. The minimum Gasteiger partial charge on any atom is -0.497 e. The summed E-state index contributed by atoms with van der Waals surface area (Å²) in [5.41, 5.74) is 1.15. The number of anilines is 3. The molecule has 1 saturated carbocycles. The smallest absolute Gasteiger partial charge is 0.322 e. The lowest BCUT2D eigenvalue weighted by molar-refractivity contribution is -0.131. The van der Waals surface area contributed by atoms with Crippen molar-refractivity contribution in [3.8, 4) is 22.9 Å². The van der Waals surface area contributed by atoms with Gasteiger partial charge in [-0.3, -0.25) is 9.59 Å². The van der Waals surface area contributed by atoms with E-state index in [-0.39, 0.29) is 30.3 Å². The second kappa shape index (κ2) is 18.0. The third kappa shape index (κ3) is 9.33. The number of aromatic nitrogens is 2. The Bertz CT molecular complexity index is 2600. The highest BCUT2D eigenvalue weighted by Crippen LogP contribution is 2.46. The van der Waals surface area contributed by atoms with Crippen LogP contribution in [0.15, 0.2) is 101 Å². The molecule has 2 fully saturated rings. The third-order valence-electron chi connectivity index (χ3n) is 11.2. The molecule has 15 nitrogen and oxygen atoms in total. The molecule has 4 heterocycles. The van der Waals surface area contributed by atoms with Gasteiger partial charge in [0.15, 0.2) is 5.13 Å². The van der Waals surface area contributed by atoms with Gasteiger partial charge in [-0.2, -0.15) is 0 Å². The summed E-state index contributed by atoms with van der Waals surface area (Å²) in [6, 6.07) is 21.1. The number of urea groups is 1. The highest BCUT2D eigenvalue weighted by molar-refractivity contribution is 7.90. The van der Waals surface area contributed by atoms with Gasteiger partial charge in [0.25, 0.3) is 15.9 Å². The van der Waals surface area contributed by atoms with Crippen LogP contribution in [0.3, 0.4) is 0 Å². The zero-order valence-corrected chi connectivity index (χ0v) is 36.4. The molecule has 324 valence electrons. The number of amides is 4. The van der Waals surface area contributed by atoms with Crippen LogP contribution in [0.2, 0.25) is 0 Å². The molecule has 1 saturated heterocycles. The van der Waals surface area contributed by atoms with Crippen LogP contribution in [0.4, 0.5) is 21.3 Å². The van der Waals surface area contributed by atoms with Crippen molar-refractivity contribution >= 4 is 66.6 Å². The number of thiazole rings is 1. The molecule has 4 amide bonds. The second-order valence-electron chi connectivity index (χ2n) is 16.1. The van der Waals surface area contributed by atoms with Crippen LogP contribution in [0.5, 0.6) is 11.5 Å². The lowest BCUT2D eigenvalue weighted by atomic mass is 10.1. The van der Waals surface area contributed by atoms with Crippen molar-refractivity contribution in [1.82, 2.24) is 24.9 Å². The molecule has 2 aliphatic heterocycles. The van der Waals surface area contributed by atoms with Gasteiger partial charge in [-0.15, -0.1) is 11.3 Å². The van der Waals surface area contributed by atoms with E-state index >= 15 is 0 Å². The highest BCUT2D eigenvalue weighted by atomic mass is 32.2. The van der Waals surface area contributed by atoms with Gasteiger partial charge in [-0.05, 0) is 75.9 Å². The lowest BCUT2D eigenvalue weighted by Gasteiger charge is -2.26. The molecule has 4 atom stereocenters. The van der Waals surface area contributed by atoms with E-state index in [2.05, 4.69) is 26.0 Å². The van der Waals surface area contributed by atoms with E-state index in [4.69, 9.17) is 19.4 Å². The third-order valence-corrected chi connectivity index (χ3v) is 13.4. The van der Waals surface area contributed by atoms with Crippen molar-refractivity contribution in [3.05, 3.63) is 96.4 Å². The van der Waals surface area contributed by atoms with Crippen molar-refractivity contribution < 1.29 is 32.3 Å². The fourth-order valence-electron chi connectivity index (χ4n) is 7.94. The predicted octanol–water partition coefficient (Wildman–Crippen LogP) is 7.16. The normalized spacial score (nSPS) is 22.7. The number of carbonyl (C=O) groups is 3. The molecular formula is C45H50N8O7S2. The summed E-state index contributed by atoms with van der Waals surface area (Å²) in [5.74, 6) is -0.855. The Morgan fingerprint density at radius 2 is 1.79 bits per heavy atom. The average molecular weight is 879 g/mol. The number of benzene rings is 3. The molecule has 3 aliphatic rings. The van der Waals surface area contributed by atoms with Gasteiger partial charge in [0, 0.05) is 53.5 Å². The van der Waals surface area contributed by atoms with Crippen LogP contribution >= 0.6 is 11.3 Å². The quantitative estimate of drug-likeness (QED) is 0.0944. The molecule has 0 spiro atoms. The molecule has 0 unspecified atom stereocenters. The Kier molecular flexibility index (Phi) is 12.4. The van der Waals surface area contributed by atoms with E-state index in [1.807, 2.05) is 55.6 Å². The second-order valence-corrected chi connectivity index (χ2v) is 18.6. The Balaban J connectivity index is 1.10. The fraction of sp³-hybridized carbons (Fsp3) is 0.356. The van der Waals surface area contributed by atoms with Crippen LogP contribution in [0, 0.1) is 5.92 Å². The van der Waals surface area contributed by atoms with Crippen LogP contribution in [0.25, 0.3) is 22.3 Å². The number of rotatable bonds is 9. The van der Waals surface area contributed by atoms with E-state index in [1.54, 1.807) is 55.6 Å². The maximum absolute atomic E-state index is 14.6. The first kappa shape index (κ1) is 42.5. The Hall–Kier alpha value is -6.20. The fourth-order valence-corrected chi connectivity index (χ4v) is 10.0. The van der Waals surface area contributed by atoms with Crippen LogP contribution in [-0.2, 0) is 19.6 Å². The number of hydrogen-bond acceptors (Lipinski definition) is 12. The number of likely N-dealkylation sites (tertiary alicyclic amines) is 1.